The van der Waals surface area contributed by atoms with E-state index in [0.717, 1.165) is 29.6 Å². The first kappa shape index (κ1) is 19.1. The molecule has 2 N–H and O–H groups in total. The van der Waals surface area contributed by atoms with Crippen LogP contribution in [0.15, 0.2) is 18.2 Å². The van der Waals surface area contributed by atoms with Crippen LogP contribution in [-0.4, -0.2) is 33.8 Å². The van der Waals surface area contributed by atoms with Crippen molar-refractivity contribution in [3.05, 3.63) is 35.3 Å². The summed E-state index contributed by atoms with van der Waals surface area (Å²) >= 11 is 0. The number of carbonyl (C=O) groups is 2. The molecule has 2 aliphatic carbocycles. The van der Waals surface area contributed by atoms with Crippen LogP contribution in [0.2, 0.25) is 0 Å². The van der Waals surface area contributed by atoms with Crippen molar-refractivity contribution < 1.29 is 14.0 Å². The van der Waals surface area contributed by atoms with Crippen LogP contribution in [0.4, 0.5) is 4.39 Å². The zero-order valence-corrected chi connectivity index (χ0v) is 16.8. The lowest BCUT2D eigenvalue weighted by molar-refractivity contribution is -0.144. The number of nitrogens with zero attached hydrogens (tertiary/aromatic N) is 2. The Morgan fingerprint density at radius 2 is 2.00 bits per heavy atom. The molecule has 2 fully saturated rings. The Morgan fingerprint density at radius 1 is 1.23 bits per heavy atom. The highest BCUT2D eigenvalue weighted by Gasteiger charge is 2.47. The van der Waals surface area contributed by atoms with Gasteiger partial charge in [0.05, 0.1) is 6.07 Å². The van der Waals surface area contributed by atoms with Crippen molar-refractivity contribution in [1.82, 2.24) is 15.2 Å². The third-order valence-electron chi connectivity index (χ3n) is 7.00. The molecule has 1 aliphatic heterocycles. The van der Waals surface area contributed by atoms with E-state index < -0.39 is 11.5 Å². The number of hydrogen-bond donors (Lipinski definition) is 2. The van der Waals surface area contributed by atoms with E-state index in [4.69, 9.17) is 0 Å². The highest BCUT2D eigenvalue weighted by atomic mass is 19.1. The number of rotatable bonds is 3. The lowest BCUT2D eigenvalue weighted by Gasteiger charge is -2.36. The molecule has 30 heavy (non-hydrogen) atoms. The molecule has 2 saturated carbocycles. The van der Waals surface area contributed by atoms with E-state index in [1.807, 2.05) is 6.07 Å². The Labute approximate surface area is 174 Å². The Balaban J connectivity index is 1.37. The third-order valence-corrected chi connectivity index (χ3v) is 7.00. The number of amides is 2. The second-order valence-electron chi connectivity index (χ2n) is 8.93. The number of nitrogens with one attached hydrogen (secondary N) is 2. The summed E-state index contributed by atoms with van der Waals surface area (Å²) in [6.07, 6.45) is 5.20. The predicted octanol–water partition coefficient (Wildman–Crippen LogP) is 3.17. The molecule has 2 atom stereocenters. The molecule has 2 amide bonds. The van der Waals surface area contributed by atoms with Crippen LogP contribution < -0.4 is 5.32 Å². The zero-order valence-electron chi connectivity index (χ0n) is 16.8. The maximum absolute atomic E-state index is 14.5. The number of aromatic nitrogens is 1. The van der Waals surface area contributed by atoms with E-state index in [1.165, 1.54) is 6.07 Å². The molecule has 2 aromatic rings. The van der Waals surface area contributed by atoms with Crippen LogP contribution >= 0.6 is 0 Å². The Hall–Kier alpha value is -2.88. The largest absolute Gasteiger partial charge is 0.358 e. The van der Waals surface area contributed by atoms with Crippen molar-refractivity contribution in [2.75, 3.05) is 6.54 Å². The fourth-order valence-corrected chi connectivity index (χ4v) is 5.11. The molecule has 0 radical (unpaired) electrons. The van der Waals surface area contributed by atoms with Crippen molar-refractivity contribution in [1.29, 1.82) is 5.26 Å². The fraction of sp³-hybridized carbons (Fsp3) is 0.522. The average molecular weight is 408 g/mol. The van der Waals surface area contributed by atoms with E-state index in [0.29, 0.717) is 50.6 Å². The van der Waals surface area contributed by atoms with Gasteiger partial charge in [-0.2, -0.15) is 5.26 Å². The zero-order chi connectivity index (χ0) is 20.9. The van der Waals surface area contributed by atoms with Gasteiger partial charge in [0.25, 0.3) is 0 Å². The highest BCUT2D eigenvalue weighted by molar-refractivity contribution is 5.90. The van der Waals surface area contributed by atoms with Gasteiger partial charge in [0, 0.05) is 53.5 Å². The first-order valence-electron chi connectivity index (χ1n) is 10.8. The van der Waals surface area contributed by atoms with E-state index in [9.17, 15) is 19.2 Å². The van der Waals surface area contributed by atoms with Gasteiger partial charge in [0.1, 0.15) is 11.4 Å². The lowest BCUT2D eigenvalue weighted by Crippen LogP contribution is -2.48. The summed E-state index contributed by atoms with van der Waals surface area (Å²) in [5, 5.41) is 12.7. The molecule has 1 aromatic heterocycles. The van der Waals surface area contributed by atoms with Crippen molar-refractivity contribution in [2.24, 2.45) is 11.8 Å². The maximum atomic E-state index is 14.5. The summed E-state index contributed by atoms with van der Waals surface area (Å²) in [5.74, 6) is -1.22. The second kappa shape index (κ2) is 7.12. The Bertz CT molecular complexity index is 1070. The number of aromatic amines is 1. The third kappa shape index (κ3) is 3.15. The average Bonchev–Trinajstić information content (AvgIpc) is 3.43. The van der Waals surface area contributed by atoms with Gasteiger partial charge in [0.15, 0.2) is 0 Å². The monoisotopic (exact) mass is 408 g/mol. The van der Waals surface area contributed by atoms with E-state index in [2.05, 4.69) is 16.4 Å². The highest BCUT2D eigenvalue weighted by Crippen LogP contribution is 2.38. The SMILES string of the molecule is N#CC1(NC(=O)[C@@H]2CCCCC2C(=O)N2CCc3[nH]c4cccc(F)c4c3C2)CC1. The fourth-order valence-electron chi connectivity index (χ4n) is 5.11. The van der Waals surface area contributed by atoms with Crippen molar-refractivity contribution >= 4 is 22.7 Å². The van der Waals surface area contributed by atoms with Gasteiger partial charge in [-0.05, 0) is 37.8 Å². The topological polar surface area (TPSA) is 89.0 Å². The molecule has 7 heteroatoms. The van der Waals surface area contributed by atoms with Crippen LogP contribution in [0.5, 0.6) is 0 Å². The maximum Gasteiger partial charge on any atom is 0.226 e. The molecular weight excluding hydrogens is 383 g/mol. The molecule has 3 aliphatic rings. The van der Waals surface area contributed by atoms with Crippen LogP contribution in [0.3, 0.4) is 0 Å². The van der Waals surface area contributed by atoms with E-state index >= 15 is 0 Å². The first-order valence-corrected chi connectivity index (χ1v) is 10.8. The van der Waals surface area contributed by atoms with Gasteiger partial charge in [-0.15, -0.1) is 0 Å². The smallest absolute Gasteiger partial charge is 0.226 e. The molecule has 1 aromatic carbocycles. The number of halogens is 1. The second-order valence-corrected chi connectivity index (χ2v) is 8.93. The molecule has 5 rings (SSSR count). The van der Waals surface area contributed by atoms with E-state index in [1.54, 1.807) is 11.0 Å². The number of nitriles is 1. The summed E-state index contributed by atoms with van der Waals surface area (Å²) in [7, 11) is 0. The summed E-state index contributed by atoms with van der Waals surface area (Å²) < 4.78 is 14.5. The van der Waals surface area contributed by atoms with Crippen LogP contribution in [0.1, 0.15) is 49.8 Å². The molecule has 6 nitrogen and oxygen atoms in total. The van der Waals surface area contributed by atoms with Gasteiger partial charge in [-0.1, -0.05) is 18.9 Å². The summed E-state index contributed by atoms with van der Waals surface area (Å²) in [6.45, 7) is 0.926. The molecule has 1 unspecified atom stereocenters. The quantitative estimate of drug-likeness (QED) is 0.818. The van der Waals surface area contributed by atoms with Gasteiger partial charge in [-0.3, -0.25) is 9.59 Å². The number of H-pyrrole nitrogens is 1. The first-order chi connectivity index (χ1) is 14.5. The lowest BCUT2D eigenvalue weighted by atomic mass is 9.77. The summed E-state index contributed by atoms with van der Waals surface area (Å²) in [5.41, 5.74) is 1.88. The van der Waals surface area contributed by atoms with Crippen LogP contribution in [-0.2, 0) is 22.6 Å². The minimum atomic E-state index is -0.719. The molecule has 0 saturated heterocycles. The van der Waals surface area contributed by atoms with Crippen molar-refractivity contribution in [2.45, 2.75) is 57.0 Å². The summed E-state index contributed by atoms with van der Waals surface area (Å²) in [4.78, 5) is 31.4. The minimum Gasteiger partial charge on any atom is -0.358 e. The molecule has 2 heterocycles. The molecular formula is C23H25FN4O2. The standard InChI is InChI=1S/C23H25FN4O2/c24-17-6-3-7-19-20(17)16-12-28(11-8-18(16)26-19)22(30)15-5-2-1-4-14(15)21(29)27-23(13-25)9-10-23/h3,6-7,14-15,26H,1-2,4-5,8-12H2,(H,27,29)/t14-,15?/m1/s1. The Kier molecular flexibility index (Phi) is 4.53. The normalized spacial score (nSPS) is 24.7. The molecule has 0 spiro atoms. The number of fused-ring (bicyclic) bond motifs is 3. The minimum absolute atomic E-state index is 0.0204. The summed E-state index contributed by atoms with van der Waals surface area (Å²) in [6, 6.07) is 7.18. The Morgan fingerprint density at radius 3 is 2.73 bits per heavy atom. The molecule has 0 bridgehead atoms. The van der Waals surface area contributed by atoms with Crippen molar-refractivity contribution in [3.8, 4) is 6.07 Å². The van der Waals surface area contributed by atoms with Crippen molar-refractivity contribution in [3.63, 3.8) is 0 Å². The number of carbonyl (C=O) groups excluding carboxylic acids is 2. The van der Waals surface area contributed by atoms with Crippen LogP contribution in [0, 0.1) is 29.0 Å². The van der Waals surface area contributed by atoms with Gasteiger partial charge < -0.3 is 15.2 Å². The van der Waals surface area contributed by atoms with Crippen LogP contribution in [0.25, 0.3) is 10.9 Å². The van der Waals surface area contributed by atoms with E-state index in [-0.39, 0.29) is 23.5 Å². The van der Waals surface area contributed by atoms with Gasteiger partial charge in [-0.25, -0.2) is 4.39 Å². The predicted molar refractivity (Wildman–Crippen MR) is 109 cm³/mol. The van der Waals surface area contributed by atoms with Gasteiger partial charge >= 0.3 is 0 Å². The number of hydrogen-bond acceptors (Lipinski definition) is 3. The number of benzene rings is 1. The van der Waals surface area contributed by atoms with Gasteiger partial charge in [0.2, 0.25) is 11.8 Å². The molecule has 156 valence electrons.